The molecule has 0 saturated heterocycles. The maximum absolute atomic E-state index is 5.93. The number of rotatable bonds is 9. The van der Waals surface area contributed by atoms with Crippen LogP contribution in [0.15, 0.2) is 48.8 Å². The van der Waals surface area contributed by atoms with Gasteiger partial charge in [0.25, 0.3) is 0 Å². The average molecular weight is 299 g/mol. The first-order valence-corrected chi connectivity index (χ1v) is 7.78. The number of hydrogen-bond acceptors (Lipinski definition) is 4. The molecule has 1 aromatic carbocycles. The Labute approximate surface area is 133 Å². The molecule has 0 saturated carbocycles. The normalized spacial score (nSPS) is 10.9. The summed E-state index contributed by atoms with van der Waals surface area (Å²) in [6.07, 6.45) is 3.61. The van der Waals surface area contributed by atoms with E-state index in [2.05, 4.69) is 35.2 Å². The molecule has 0 bridgehead atoms. The third-order valence-corrected chi connectivity index (χ3v) is 3.62. The highest BCUT2D eigenvalue weighted by Gasteiger charge is 2.03. The predicted molar refractivity (Wildman–Crippen MR) is 89.9 cm³/mol. The Bertz CT molecular complexity index is 545. The first-order valence-electron chi connectivity index (χ1n) is 7.78. The molecule has 0 amide bonds. The monoisotopic (exact) mass is 299 g/mol. The van der Waals surface area contributed by atoms with E-state index in [1.165, 1.54) is 5.56 Å². The summed E-state index contributed by atoms with van der Waals surface area (Å²) in [6, 6.07) is 12.1. The van der Waals surface area contributed by atoms with Gasteiger partial charge in [0.2, 0.25) is 0 Å². The van der Waals surface area contributed by atoms with Crippen molar-refractivity contribution in [2.45, 2.75) is 20.1 Å². The largest absolute Gasteiger partial charge is 0.489 e. The number of pyridine rings is 1. The van der Waals surface area contributed by atoms with Gasteiger partial charge in [0.05, 0.1) is 0 Å². The van der Waals surface area contributed by atoms with Crippen molar-refractivity contribution in [2.75, 3.05) is 26.7 Å². The molecule has 0 aliphatic carbocycles. The number of para-hydroxylation sites is 1. The first kappa shape index (κ1) is 16.5. The number of nitrogens with one attached hydrogen (secondary N) is 1. The zero-order chi connectivity index (χ0) is 15.6. The second-order valence-electron chi connectivity index (χ2n) is 5.33. The van der Waals surface area contributed by atoms with Crippen molar-refractivity contribution in [3.63, 3.8) is 0 Å². The Morgan fingerprint density at radius 2 is 2.05 bits per heavy atom. The Balaban J connectivity index is 1.84. The summed E-state index contributed by atoms with van der Waals surface area (Å²) in [5.74, 6) is 0.933. The minimum Gasteiger partial charge on any atom is -0.489 e. The van der Waals surface area contributed by atoms with Gasteiger partial charge in [-0.1, -0.05) is 31.2 Å². The van der Waals surface area contributed by atoms with E-state index in [1.807, 2.05) is 36.5 Å². The standard InChI is InChI=1S/C18H25N3O/c1-3-21(2)12-11-20-14-17-8-4-5-9-18(17)22-15-16-7-6-10-19-13-16/h4-10,13,20H,3,11-12,14-15H2,1-2H3. The van der Waals surface area contributed by atoms with Gasteiger partial charge < -0.3 is 15.0 Å². The molecule has 1 N–H and O–H groups in total. The van der Waals surface area contributed by atoms with Crippen molar-refractivity contribution >= 4 is 0 Å². The van der Waals surface area contributed by atoms with E-state index in [1.54, 1.807) is 6.20 Å². The van der Waals surface area contributed by atoms with E-state index in [-0.39, 0.29) is 0 Å². The minimum atomic E-state index is 0.545. The first-order chi connectivity index (χ1) is 10.8. The van der Waals surface area contributed by atoms with Gasteiger partial charge in [0, 0.05) is 43.2 Å². The second kappa shape index (κ2) is 9.18. The molecule has 4 heteroatoms. The number of nitrogens with zero attached hydrogens (tertiary/aromatic N) is 2. The highest BCUT2D eigenvalue weighted by molar-refractivity contribution is 5.33. The van der Waals surface area contributed by atoms with Crippen molar-refractivity contribution in [3.05, 3.63) is 59.9 Å². The maximum Gasteiger partial charge on any atom is 0.124 e. The van der Waals surface area contributed by atoms with Crippen molar-refractivity contribution in [2.24, 2.45) is 0 Å². The number of likely N-dealkylation sites (N-methyl/N-ethyl adjacent to an activating group) is 1. The molecule has 0 aliphatic heterocycles. The summed E-state index contributed by atoms with van der Waals surface area (Å²) in [5.41, 5.74) is 2.26. The summed E-state index contributed by atoms with van der Waals surface area (Å²) in [6.45, 7) is 6.63. The lowest BCUT2D eigenvalue weighted by Crippen LogP contribution is -2.28. The number of aromatic nitrogens is 1. The lowest BCUT2D eigenvalue weighted by molar-refractivity contribution is 0.301. The van der Waals surface area contributed by atoms with E-state index >= 15 is 0 Å². The molecular formula is C18H25N3O. The zero-order valence-electron chi connectivity index (χ0n) is 13.5. The third-order valence-electron chi connectivity index (χ3n) is 3.62. The molecule has 0 aliphatic rings. The van der Waals surface area contributed by atoms with Gasteiger partial charge in [-0.3, -0.25) is 4.98 Å². The molecule has 2 rings (SSSR count). The molecule has 1 aromatic heterocycles. The fourth-order valence-electron chi connectivity index (χ4n) is 2.09. The van der Waals surface area contributed by atoms with Crippen LogP contribution in [0.5, 0.6) is 5.75 Å². The highest BCUT2D eigenvalue weighted by Crippen LogP contribution is 2.19. The van der Waals surface area contributed by atoms with E-state index in [0.29, 0.717) is 6.61 Å². The average Bonchev–Trinajstić information content (AvgIpc) is 2.58. The van der Waals surface area contributed by atoms with Crippen LogP contribution in [0.4, 0.5) is 0 Å². The van der Waals surface area contributed by atoms with Crippen molar-refractivity contribution in [3.8, 4) is 5.75 Å². The van der Waals surface area contributed by atoms with Gasteiger partial charge in [0.15, 0.2) is 0 Å². The van der Waals surface area contributed by atoms with Crippen LogP contribution in [0.3, 0.4) is 0 Å². The van der Waals surface area contributed by atoms with Crippen LogP contribution in [0.1, 0.15) is 18.1 Å². The number of ether oxygens (including phenoxy) is 1. The second-order valence-corrected chi connectivity index (χ2v) is 5.33. The van der Waals surface area contributed by atoms with Crippen LogP contribution in [0, 0.1) is 0 Å². The van der Waals surface area contributed by atoms with Crippen LogP contribution in [-0.4, -0.2) is 36.6 Å². The molecule has 22 heavy (non-hydrogen) atoms. The smallest absolute Gasteiger partial charge is 0.124 e. The van der Waals surface area contributed by atoms with Crippen molar-refractivity contribution in [1.29, 1.82) is 0 Å². The SMILES string of the molecule is CCN(C)CCNCc1ccccc1OCc1cccnc1. The minimum absolute atomic E-state index is 0.545. The van der Waals surface area contributed by atoms with Gasteiger partial charge >= 0.3 is 0 Å². The van der Waals surface area contributed by atoms with Crippen LogP contribution < -0.4 is 10.1 Å². The van der Waals surface area contributed by atoms with Crippen LogP contribution in [0.2, 0.25) is 0 Å². The van der Waals surface area contributed by atoms with Gasteiger partial charge in [-0.2, -0.15) is 0 Å². The Hall–Kier alpha value is -1.91. The van der Waals surface area contributed by atoms with E-state index in [0.717, 1.165) is 37.5 Å². The topological polar surface area (TPSA) is 37.4 Å². The van der Waals surface area contributed by atoms with Gasteiger partial charge in [-0.25, -0.2) is 0 Å². The summed E-state index contributed by atoms with van der Waals surface area (Å²) in [7, 11) is 2.13. The van der Waals surface area contributed by atoms with Crippen LogP contribution in [0.25, 0.3) is 0 Å². The zero-order valence-corrected chi connectivity index (χ0v) is 13.5. The van der Waals surface area contributed by atoms with E-state index in [9.17, 15) is 0 Å². The molecule has 0 unspecified atom stereocenters. The number of hydrogen-bond donors (Lipinski definition) is 1. The number of benzene rings is 1. The lowest BCUT2D eigenvalue weighted by Gasteiger charge is -2.15. The molecule has 118 valence electrons. The van der Waals surface area contributed by atoms with Crippen LogP contribution in [-0.2, 0) is 13.2 Å². The maximum atomic E-state index is 5.93. The summed E-state index contributed by atoms with van der Waals surface area (Å²) in [5, 5.41) is 3.47. The molecule has 0 atom stereocenters. The predicted octanol–water partition coefficient (Wildman–Crippen LogP) is 2.70. The lowest BCUT2D eigenvalue weighted by atomic mass is 10.2. The third kappa shape index (κ3) is 5.47. The Kier molecular flexibility index (Phi) is 6.87. The highest BCUT2D eigenvalue weighted by atomic mass is 16.5. The Morgan fingerprint density at radius 3 is 2.82 bits per heavy atom. The van der Waals surface area contributed by atoms with Crippen LogP contribution >= 0.6 is 0 Å². The molecular weight excluding hydrogens is 274 g/mol. The Morgan fingerprint density at radius 1 is 1.18 bits per heavy atom. The summed E-state index contributed by atoms with van der Waals surface area (Å²) in [4.78, 5) is 6.40. The van der Waals surface area contributed by atoms with Gasteiger partial charge in [0.1, 0.15) is 12.4 Å². The molecule has 4 nitrogen and oxygen atoms in total. The van der Waals surface area contributed by atoms with E-state index in [4.69, 9.17) is 4.74 Å². The molecule has 0 radical (unpaired) electrons. The van der Waals surface area contributed by atoms with Gasteiger partial charge in [-0.15, -0.1) is 0 Å². The molecule has 0 spiro atoms. The van der Waals surface area contributed by atoms with Crippen molar-refractivity contribution in [1.82, 2.24) is 15.2 Å². The fraction of sp³-hybridized carbons (Fsp3) is 0.389. The fourth-order valence-corrected chi connectivity index (χ4v) is 2.09. The molecule has 1 heterocycles. The molecule has 2 aromatic rings. The summed E-state index contributed by atoms with van der Waals surface area (Å²) < 4.78 is 5.93. The molecule has 0 fully saturated rings. The summed E-state index contributed by atoms with van der Waals surface area (Å²) >= 11 is 0. The quantitative estimate of drug-likeness (QED) is 0.722. The van der Waals surface area contributed by atoms with Gasteiger partial charge in [-0.05, 0) is 25.7 Å². The van der Waals surface area contributed by atoms with Crippen molar-refractivity contribution < 1.29 is 4.74 Å². The van der Waals surface area contributed by atoms with E-state index < -0.39 is 0 Å².